The van der Waals surface area contributed by atoms with E-state index in [4.69, 9.17) is 0 Å². The molecular weight excluding hydrogens is 314 g/mol. The third kappa shape index (κ3) is 3.35. The van der Waals surface area contributed by atoms with Crippen LogP contribution < -0.4 is 5.32 Å². The van der Waals surface area contributed by atoms with Gasteiger partial charge in [-0.1, -0.05) is 22.0 Å². The number of benzene rings is 1. The van der Waals surface area contributed by atoms with Gasteiger partial charge < -0.3 is 5.32 Å². The highest BCUT2D eigenvalue weighted by Crippen LogP contribution is 2.15. The van der Waals surface area contributed by atoms with Crippen molar-refractivity contribution in [3.8, 4) is 0 Å². The smallest absolute Gasteiger partial charge is 0.287 e. The number of amides is 1. The number of nitrogens with one attached hydrogen (secondary N) is 1. The normalized spacial score (nSPS) is 9.95. The van der Waals surface area contributed by atoms with Gasteiger partial charge in [0.15, 0.2) is 0 Å². The minimum atomic E-state index is -0.549. The van der Waals surface area contributed by atoms with E-state index in [-0.39, 0.29) is 17.4 Å². The van der Waals surface area contributed by atoms with Crippen molar-refractivity contribution in [2.45, 2.75) is 0 Å². The van der Waals surface area contributed by atoms with Crippen molar-refractivity contribution in [2.24, 2.45) is 0 Å². The van der Waals surface area contributed by atoms with E-state index in [0.717, 1.165) is 10.7 Å². The monoisotopic (exact) mass is 321 g/mol. The molecule has 96 valence electrons. The Balaban J connectivity index is 2.13. The molecule has 0 bridgehead atoms. The molecule has 0 radical (unpaired) electrons. The maximum absolute atomic E-state index is 11.9. The predicted molar refractivity (Wildman–Crippen MR) is 73.0 cm³/mol. The van der Waals surface area contributed by atoms with E-state index < -0.39 is 4.92 Å². The Morgan fingerprint density at radius 2 is 2.11 bits per heavy atom. The summed E-state index contributed by atoms with van der Waals surface area (Å²) in [5.74, 6) is -0.0711. The fraction of sp³-hybridized carbons (Fsp3) is 0. The van der Waals surface area contributed by atoms with Gasteiger partial charge in [0.05, 0.1) is 4.92 Å². The lowest BCUT2D eigenvalue weighted by molar-refractivity contribution is -0.385. The summed E-state index contributed by atoms with van der Waals surface area (Å²) in [7, 11) is 0. The topological polar surface area (TPSA) is 85.1 Å². The molecule has 0 aliphatic heterocycles. The molecule has 1 aromatic carbocycles. The summed E-state index contributed by atoms with van der Waals surface area (Å²) < 4.78 is 0.789. The number of hydrogen-bond acceptors (Lipinski definition) is 4. The largest absolute Gasteiger partial charge is 0.307 e. The standard InChI is InChI=1S/C12H8BrN3O3/c13-9-3-1-2-8(6-9)12(17)15-11-5-4-10(7-14-11)16(18)19/h1-7H,(H,14,15,17). The highest BCUT2D eigenvalue weighted by molar-refractivity contribution is 9.10. The first-order valence-corrected chi connectivity index (χ1v) is 6.03. The number of nitro groups is 1. The number of anilines is 1. The van der Waals surface area contributed by atoms with Crippen LogP contribution in [-0.4, -0.2) is 15.8 Å². The number of carbonyl (C=O) groups is 1. The summed E-state index contributed by atoms with van der Waals surface area (Å²) >= 11 is 3.27. The zero-order chi connectivity index (χ0) is 13.8. The van der Waals surface area contributed by atoms with E-state index in [1.54, 1.807) is 24.3 Å². The Hall–Kier alpha value is -2.28. The summed E-state index contributed by atoms with van der Waals surface area (Å²) in [4.78, 5) is 25.6. The molecule has 6 nitrogen and oxygen atoms in total. The Morgan fingerprint density at radius 3 is 2.68 bits per heavy atom. The van der Waals surface area contributed by atoms with Gasteiger partial charge in [0.1, 0.15) is 12.0 Å². The van der Waals surface area contributed by atoms with Crippen LogP contribution >= 0.6 is 15.9 Å². The maximum atomic E-state index is 11.9. The number of nitrogens with zero attached hydrogens (tertiary/aromatic N) is 2. The zero-order valence-electron chi connectivity index (χ0n) is 9.54. The molecule has 19 heavy (non-hydrogen) atoms. The molecule has 0 saturated carbocycles. The molecule has 1 heterocycles. The molecule has 2 rings (SSSR count). The van der Waals surface area contributed by atoms with Gasteiger partial charge in [-0.15, -0.1) is 0 Å². The van der Waals surface area contributed by atoms with Crippen molar-refractivity contribution >= 4 is 33.3 Å². The first-order valence-electron chi connectivity index (χ1n) is 5.23. The van der Waals surface area contributed by atoms with Crippen molar-refractivity contribution in [3.05, 3.63) is 62.7 Å². The lowest BCUT2D eigenvalue weighted by atomic mass is 10.2. The average molecular weight is 322 g/mol. The molecule has 0 spiro atoms. The molecule has 0 saturated heterocycles. The molecule has 0 aliphatic rings. The summed E-state index contributed by atoms with van der Waals surface area (Å²) in [5.41, 5.74) is 0.343. The fourth-order valence-electron chi connectivity index (χ4n) is 1.39. The second-order valence-corrected chi connectivity index (χ2v) is 4.54. The third-order valence-electron chi connectivity index (χ3n) is 2.29. The molecule has 0 atom stereocenters. The first-order chi connectivity index (χ1) is 9.06. The molecule has 1 N–H and O–H groups in total. The predicted octanol–water partition coefficient (Wildman–Crippen LogP) is 3.00. The molecule has 0 fully saturated rings. The van der Waals surface area contributed by atoms with Crippen LogP contribution in [0, 0.1) is 10.1 Å². The van der Waals surface area contributed by atoms with E-state index in [1.807, 2.05) is 0 Å². The highest BCUT2D eigenvalue weighted by Gasteiger charge is 2.09. The second kappa shape index (κ2) is 5.57. The molecule has 0 aliphatic carbocycles. The summed E-state index contributed by atoms with van der Waals surface area (Å²) in [6, 6.07) is 9.53. The molecule has 1 amide bonds. The van der Waals surface area contributed by atoms with Crippen LogP contribution in [0.3, 0.4) is 0 Å². The number of rotatable bonds is 3. The molecule has 1 aromatic heterocycles. The van der Waals surface area contributed by atoms with E-state index >= 15 is 0 Å². The minimum Gasteiger partial charge on any atom is -0.307 e. The van der Waals surface area contributed by atoms with Crippen LogP contribution in [0.25, 0.3) is 0 Å². The Bertz CT molecular complexity index is 628. The Morgan fingerprint density at radius 1 is 1.32 bits per heavy atom. The van der Waals surface area contributed by atoms with Crippen LogP contribution in [0.4, 0.5) is 11.5 Å². The quantitative estimate of drug-likeness (QED) is 0.695. The van der Waals surface area contributed by atoms with Crippen LogP contribution in [0.1, 0.15) is 10.4 Å². The summed E-state index contributed by atoms with van der Waals surface area (Å²) in [6.45, 7) is 0. The SMILES string of the molecule is O=C(Nc1ccc([N+](=O)[O-])cn1)c1cccc(Br)c1. The second-order valence-electron chi connectivity index (χ2n) is 3.62. The molecule has 0 unspecified atom stereocenters. The van der Waals surface area contributed by atoms with Crippen molar-refractivity contribution in [1.29, 1.82) is 0 Å². The lowest BCUT2D eigenvalue weighted by Gasteiger charge is -2.04. The van der Waals surface area contributed by atoms with Crippen molar-refractivity contribution in [3.63, 3.8) is 0 Å². The fourth-order valence-corrected chi connectivity index (χ4v) is 1.79. The number of halogens is 1. The summed E-state index contributed by atoms with van der Waals surface area (Å²) in [6.07, 6.45) is 1.09. The highest BCUT2D eigenvalue weighted by atomic mass is 79.9. The van der Waals surface area contributed by atoms with Gasteiger partial charge in [-0.2, -0.15) is 0 Å². The zero-order valence-corrected chi connectivity index (χ0v) is 11.1. The van der Waals surface area contributed by atoms with E-state index in [2.05, 4.69) is 26.2 Å². The van der Waals surface area contributed by atoms with E-state index in [1.165, 1.54) is 12.1 Å². The lowest BCUT2D eigenvalue weighted by Crippen LogP contribution is -2.12. The summed E-state index contributed by atoms with van der Waals surface area (Å²) in [5, 5.41) is 13.0. The van der Waals surface area contributed by atoms with Gasteiger partial charge in [0.2, 0.25) is 0 Å². The van der Waals surface area contributed by atoms with E-state index in [0.29, 0.717) is 5.56 Å². The van der Waals surface area contributed by atoms with Gasteiger partial charge in [-0.05, 0) is 24.3 Å². The van der Waals surface area contributed by atoms with Gasteiger partial charge in [-0.3, -0.25) is 14.9 Å². The average Bonchev–Trinajstić information content (AvgIpc) is 2.39. The van der Waals surface area contributed by atoms with Gasteiger partial charge in [-0.25, -0.2) is 4.98 Å². The van der Waals surface area contributed by atoms with Crippen LogP contribution in [0.2, 0.25) is 0 Å². The minimum absolute atomic E-state index is 0.125. The third-order valence-corrected chi connectivity index (χ3v) is 2.78. The van der Waals surface area contributed by atoms with Crippen molar-refractivity contribution in [1.82, 2.24) is 4.98 Å². The Labute approximate surface area is 116 Å². The van der Waals surface area contributed by atoms with Gasteiger partial charge in [0.25, 0.3) is 11.6 Å². The van der Waals surface area contributed by atoms with Crippen LogP contribution in [0.15, 0.2) is 47.1 Å². The Kier molecular flexibility index (Phi) is 3.86. The van der Waals surface area contributed by atoms with Crippen molar-refractivity contribution in [2.75, 3.05) is 5.32 Å². The molecule has 2 aromatic rings. The van der Waals surface area contributed by atoms with Gasteiger partial charge in [0, 0.05) is 16.1 Å². The maximum Gasteiger partial charge on any atom is 0.287 e. The van der Waals surface area contributed by atoms with Crippen LogP contribution in [0.5, 0.6) is 0 Å². The first kappa shape index (κ1) is 13.2. The number of carbonyl (C=O) groups excluding carboxylic acids is 1. The van der Waals surface area contributed by atoms with Crippen LogP contribution in [-0.2, 0) is 0 Å². The number of pyridine rings is 1. The van der Waals surface area contributed by atoms with E-state index in [9.17, 15) is 14.9 Å². The molecule has 7 heteroatoms. The van der Waals surface area contributed by atoms with Crippen molar-refractivity contribution < 1.29 is 9.72 Å². The number of hydrogen-bond donors (Lipinski definition) is 1. The van der Waals surface area contributed by atoms with Gasteiger partial charge >= 0.3 is 0 Å². The molecular formula is C12H8BrN3O3. The number of aromatic nitrogens is 1.